The van der Waals surface area contributed by atoms with Crippen molar-refractivity contribution >= 4 is 18.2 Å². The molecule has 1 saturated heterocycles. The fraction of sp³-hybridized carbons (Fsp3) is 0.812. The van der Waals surface area contributed by atoms with Crippen LogP contribution in [-0.4, -0.2) is 71.9 Å². The van der Waals surface area contributed by atoms with Crippen molar-refractivity contribution in [2.45, 2.75) is 58.8 Å². The van der Waals surface area contributed by atoms with E-state index in [-0.39, 0.29) is 19.6 Å². The molecule has 0 aliphatic carbocycles. The Morgan fingerprint density at radius 3 is 1.83 bits per heavy atom. The highest BCUT2D eigenvalue weighted by molar-refractivity contribution is 5.83. The SMILES string of the molecule is COC(=O)[C@@H]1CN(C(=O)OC(C)(C)C)CCN1C(=O)OC(C)(C)C. The molecule has 24 heavy (non-hydrogen) atoms. The van der Waals surface area contributed by atoms with E-state index in [0.29, 0.717) is 0 Å². The van der Waals surface area contributed by atoms with Gasteiger partial charge in [0.1, 0.15) is 11.2 Å². The van der Waals surface area contributed by atoms with Crippen molar-refractivity contribution < 1.29 is 28.6 Å². The monoisotopic (exact) mass is 344 g/mol. The Bertz CT molecular complexity index is 492. The Morgan fingerprint density at radius 1 is 0.875 bits per heavy atom. The summed E-state index contributed by atoms with van der Waals surface area (Å²) >= 11 is 0. The number of amides is 2. The van der Waals surface area contributed by atoms with E-state index in [9.17, 15) is 14.4 Å². The van der Waals surface area contributed by atoms with Crippen LogP contribution >= 0.6 is 0 Å². The third kappa shape index (κ3) is 5.90. The highest BCUT2D eigenvalue weighted by Crippen LogP contribution is 2.19. The molecule has 0 bridgehead atoms. The summed E-state index contributed by atoms with van der Waals surface area (Å²) in [5.74, 6) is -0.603. The van der Waals surface area contributed by atoms with Gasteiger partial charge in [0.2, 0.25) is 0 Å². The number of piperazine rings is 1. The minimum Gasteiger partial charge on any atom is -0.467 e. The van der Waals surface area contributed by atoms with Crippen LogP contribution < -0.4 is 0 Å². The molecular formula is C16H28N2O6. The largest absolute Gasteiger partial charge is 0.467 e. The molecular weight excluding hydrogens is 316 g/mol. The number of methoxy groups -OCH3 is 1. The second-order valence-corrected chi connectivity index (χ2v) is 7.64. The molecule has 1 atom stereocenters. The van der Waals surface area contributed by atoms with E-state index in [1.54, 1.807) is 41.5 Å². The van der Waals surface area contributed by atoms with Crippen LogP contribution in [0.5, 0.6) is 0 Å². The average molecular weight is 344 g/mol. The molecule has 1 fully saturated rings. The van der Waals surface area contributed by atoms with Crippen molar-refractivity contribution in [3.8, 4) is 0 Å². The first-order valence-corrected chi connectivity index (χ1v) is 7.89. The summed E-state index contributed by atoms with van der Waals surface area (Å²) in [7, 11) is 1.24. The lowest BCUT2D eigenvalue weighted by molar-refractivity contribution is -0.149. The van der Waals surface area contributed by atoms with Gasteiger partial charge in [-0.15, -0.1) is 0 Å². The maximum atomic E-state index is 12.3. The van der Waals surface area contributed by atoms with E-state index >= 15 is 0 Å². The van der Waals surface area contributed by atoms with Crippen LogP contribution in [0.15, 0.2) is 0 Å². The first kappa shape index (κ1) is 20.1. The standard InChI is InChI=1S/C16H28N2O6/c1-15(2,3)23-13(20)17-8-9-18(11(10-17)12(19)22-7)14(21)24-16(4,5)6/h11H,8-10H2,1-7H3/t11-/m0/s1. The Morgan fingerprint density at radius 2 is 1.38 bits per heavy atom. The molecule has 0 saturated carbocycles. The Labute approximate surface area is 143 Å². The summed E-state index contributed by atoms with van der Waals surface area (Å²) in [6, 6.07) is -0.925. The van der Waals surface area contributed by atoms with Crippen LogP contribution in [0.3, 0.4) is 0 Å². The van der Waals surface area contributed by atoms with Gasteiger partial charge in [-0.2, -0.15) is 0 Å². The number of esters is 1. The normalized spacial score (nSPS) is 18.9. The molecule has 8 nitrogen and oxygen atoms in total. The summed E-state index contributed by atoms with van der Waals surface area (Å²) in [6.07, 6.45) is -1.14. The number of hydrogen-bond donors (Lipinski definition) is 0. The lowest BCUT2D eigenvalue weighted by Crippen LogP contribution is -2.60. The zero-order chi connectivity index (χ0) is 18.7. The predicted molar refractivity (Wildman–Crippen MR) is 86.6 cm³/mol. The molecule has 0 aromatic carbocycles. The van der Waals surface area contributed by atoms with Crippen molar-refractivity contribution in [3.05, 3.63) is 0 Å². The van der Waals surface area contributed by atoms with E-state index in [2.05, 4.69) is 0 Å². The molecule has 0 aromatic rings. The van der Waals surface area contributed by atoms with Crippen molar-refractivity contribution in [3.63, 3.8) is 0 Å². The van der Waals surface area contributed by atoms with Crippen molar-refractivity contribution in [1.29, 1.82) is 0 Å². The summed E-state index contributed by atoms with van der Waals surface area (Å²) in [4.78, 5) is 39.2. The number of carbonyl (C=O) groups excluding carboxylic acids is 3. The van der Waals surface area contributed by atoms with Crippen LogP contribution in [0, 0.1) is 0 Å². The molecule has 1 heterocycles. The van der Waals surface area contributed by atoms with Gasteiger partial charge >= 0.3 is 18.2 Å². The van der Waals surface area contributed by atoms with E-state index in [1.165, 1.54) is 16.9 Å². The number of rotatable bonds is 1. The Hall–Kier alpha value is -1.99. The van der Waals surface area contributed by atoms with E-state index in [0.717, 1.165) is 0 Å². The van der Waals surface area contributed by atoms with E-state index in [4.69, 9.17) is 14.2 Å². The number of nitrogens with zero attached hydrogens (tertiary/aromatic N) is 2. The molecule has 8 heteroatoms. The van der Waals surface area contributed by atoms with Crippen LogP contribution in [0.2, 0.25) is 0 Å². The predicted octanol–water partition coefficient (Wildman–Crippen LogP) is 2.02. The van der Waals surface area contributed by atoms with Gasteiger partial charge in [-0.3, -0.25) is 4.90 Å². The van der Waals surface area contributed by atoms with Gasteiger partial charge in [-0.1, -0.05) is 0 Å². The molecule has 1 rings (SSSR count). The summed E-state index contributed by atoms with van der Waals surface area (Å²) in [5, 5.41) is 0. The highest BCUT2D eigenvalue weighted by Gasteiger charge is 2.40. The smallest absolute Gasteiger partial charge is 0.411 e. The fourth-order valence-electron chi connectivity index (χ4n) is 2.15. The molecule has 1 aliphatic rings. The van der Waals surface area contributed by atoms with Crippen molar-refractivity contribution in [2.24, 2.45) is 0 Å². The molecule has 0 radical (unpaired) electrons. The first-order valence-electron chi connectivity index (χ1n) is 7.89. The summed E-state index contributed by atoms with van der Waals surface area (Å²) in [5.41, 5.74) is -1.32. The summed E-state index contributed by atoms with van der Waals surface area (Å²) in [6.45, 7) is 10.9. The highest BCUT2D eigenvalue weighted by atomic mass is 16.6. The number of hydrogen-bond acceptors (Lipinski definition) is 6. The maximum absolute atomic E-state index is 12.3. The van der Waals surface area contributed by atoms with Crippen LogP contribution in [-0.2, 0) is 19.0 Å². The topological polar surface area (TPSA) is 85.4 Å². The molecule has 0 spiro atoms. The van der Waals surface area contributed by atoms with E-state index < -0.39 is 35.4 Å². The van der Waals surface area contributed by atoms with Gasteiger partial charge in [0.15, 0.2) is 6.04 Å². The van der Waals surface area contributed by atoms with Gasteiger partial charge in [0.25, 0.3) is 0 Å². The van der Waals surface area contributed by atoms with Crippen molar-refractivity contribution in [1.82, 2.24) is 9.80 Å². The van der Waals surface area contributed by atoms with E-state index in [1.807, 2.05) is 0 Å². The van der Waals surface area contributed by atoms with Crippen molar-refractivity contribution in [2.75, 3.05) is 26.7 Å². The minimum atomic E-state index is -0.925. The quantitative estimate of drug-likeness (QED) is 0.534. The minimum absolute atomic E-state index is 0.000823. The zero-order valence-electron chi connectivity index (χ0n) is 15.5. The molecule has 0 unspecified atom stereocenters. The van der Waals surface area contributed by atoms with Gasteiger partial charge in [0.05, 0.1) is 13.7 Å². The van der Waals surface area contributed by atoms with Gasteiger partial charge in [-0.05, 0) is 41.5 Å². The van der Waals surface area contributed by atoms with Gasteiger partial charge < -0.3 is 19.1 Å². The first-order chi connectivity index (χ1) is 10.8. The van der Waals surface area contributed by atoms with Crippen LogP contribution in [0.25, 0.3) is 0 Å². The third-order valence-corrected chi connectivity index (χ3v) is 3.13. The number of ether oxygens (including phenoxy) is 3. The second-order valence-electron chi connectivity index (χ2n) is 7.64. The fourth-order valence-corrected chi connectivity index (χ4v) is 2.15. The summed E-state index contributed by atoms with van der Waals surface area (Å²) < 4.78 is 15.4. The van der Waals surface area contributed by atoms with Crippen LogP contribution in [0.1, 0.15) is 41.5 Å². The third-order valence-electron chi connectivity index (χ3n) is 3.13. The Balaban J connectivity index is 2.87. The second kappa shape index (κ2) is 7.27. The number of carbonyl (C=O) groups is 3. The molecule has 2 amide bonds. The maximum Gasteiger partial charge on any atom is 0.411 e. The molecule has 138 valence electrons. The molecule has 0 aromatic heterocycles. The average Bonchev–Trinajstić information content (AvgIpc) is 2.42. The Kier molecular flexibility index (Phi) is 6.08. The molecule has 0 N–H and O–H groups in total. The van der Waals surface area contributed by atoms with Gasteiger partial charge in [-0.25, -0.2) is 14.4 Å². The lowest BCUT2D eigenvalue weighted by Gasteiger charge is -2.40. The molecule has 1 aliphatic heterocycles. The lowest BCUT2D eigenvalue weighted by atomic mass is 10.1. The zero-order valence-corrected chi connectivity index (χ0v) is 15.5. The van der Waals surface area contributed by atoms with Gasteiger partial charge in [0, 0.05) is 13.1 Å². The van der Waals surface area contributed by atoms with Crippen LogP contribution in [0.4, 0.5) is 9.59 Å².